The number of fused-ring (bicyclic) bond motifs is 1. The fraction of sp³-hybridized carbons (Fsp3) is 0.300. The van der Waals surface area contributed by atoms with Gasteiger partial charge in [0, 0.05) is 36.1 Å². The van der Waals surface area contributed by atoms with E-state index in [0.29, 0.717) is 43.1 Å². The molecule has 4 heterocycles. The van der Waals surface area contributed by atoms with Gasteiger partial charge in [0.15, 0.2) is 11.5 Å². The van der Waals surface area contributed by atoms with Crippen molar-refractivity contribution in [1.29, 1.82) is 0 Å². The highest BCUT2D eigenvalue weighted by Crippen LogP contribution is 2.32. The van der Waals surface area contributed by atoms with Crippen molar-refractivity contribution in [3.8, 4) is 34.5 Å². The lowest BCUT2D eigenvalue weighted by molar-refractivity contribution is 0.163. The largest absolute Gasteiger partial charge is 0.491 e. The number of hydrogen-bond donors (Lipinski definition) is 1. The van der Waals surface area contributed by atoms with Crippen LogP contribution in [0.2, 0.25) is 0 Å². The molecule has 1 aliphatic rings. The van der Waals surface area contributed by atoms with Gasteiger partial charge in [-0.3, -0.25) is 0 Å². The first-order valence-electron chi connectivity index (χ1n) is 9.16. The van der Waals surface area contributed by atoms with Crippen molar-refractivity contribution >= 4 is 5.82 Å². The van der Waals surface area contributed by atoms with Gasteiger partial charge in [-0.05, 0) is 18.6 Å². The van der Waals surface area contributed by atoms with E-state index in [1.54, 1.807) is 26.6 Å². The van der Waals surface area contributed by atoms with E-state index in [9.17, 15) is 0 Å². The summed E-state index contributed by atoms with van der Waals surface area (Å²) in [5.41, 5.74) is 2.58. The van der Waals surface area contributed by atoms with Crippen LogP contribution in [-0.2, 0) is 6.42 Å². The predicted octanol–water partition coefficient (Wildman–Crippen LogP) is 2.38. The summed E-state index contributed by atoms with van der Waals surface area (Å²) in [7, 11) is 3.12. The van der Waals surface area contributed by atoms with Crippen molar-refractivity contribution < 1.29 is 18.9 Å². The molecule has 4 rings (SSSR count). The van der Waals surface area contributed by atoms with E-state index in [1.807, 2.05) is 18.2 Å². The highest BCUT2D eigenvalue weighted by molar-refractivity contribution is 5.64. The molecule has 0 saturated heterocycles. The summed E-state index contributed by atoms with van der Waals surface area (Å²) in [6.45, 7) is 1.73. The molecule has 3 aromatic heterocycles. The summed E-state index contributed by atoms with van der Waals surface area (Å²) in [5.74, 6) is 2.96. The second-order valence-electron chi connectivity index (χ2n) is 6.20. The molecule has 0 spiro atoms. The molecule has 0 aliphatic carbocycles. The molecule has 3 aromatic rings. The van der Waals surface area contributed by atoms with Crippen molar-refractivity contribution in [2.45, 2.75) is 6.42 Å². The van der Waals surface area contributed by atoms with Crippen molar-refractivity contribution in [1.82, 2.24) is 19.9 Å². The van der Waals surface area contributed by atoms with Gasteiger partial charge in [0.1, 0.15) is 25.4 Å². The van der Waals surface area contributed by atoms with Crippen LogP contribution in [0.5, 0.6) is 23.3 Å². The summed E-state index contributed by atoms with van der Waals surface area (Å²) in [6.07, 6.45) is 5.68. The average Bonchev–Trinajstić information content (AvgIpc) is 2.79. The smallest absolute Gasteiger partial charge is 0.257 e. The summed E-state index contributed by atoms with van der Waals surface area (Å²) in [5, 5.41) is 3.32. The van der Waals surface area contributed by atoms with Gasteiger partial charge in [-0.15, -0.1) is 0 Å². The van der Waals surface area contributed by atoms with E-state index < -0.39 is 0 Å². The minimum absolute atomic E-state index is 0.426. The van der Waals surface area contributed by atoms with E-state index in [-0.39, 0.29) is 0 Å². The highest BCUT2D eigenvalue weighted by Gasteiger charge is 2.16. The van der Waals surface area contributed by atoms with Gasteiger partial charge in [0.05, 0.1) is 19.9 Å². The molecule has 0 atom stereocenters. The third-order valence-electron chi connectivity index (χ3n) is 4.42. The Morgan fingerprint density at radius 1 is 1.03 bits per heavy atom. The SMILES string of the molecule is COc1cc(-c2cc(NCCc3ccnc4c3OCCO4)ncn2)cnc1OC. The lowest BCUT2D eigenvalue weighted by Gasteiger charge is -2.19. The fourth-order valence-corrected chi connectivity index (χ4v) is 3.01. The highest BCUT2D eigenvalue weighted by atomic mass is 16.6. The van der Waals surface area contributed by atoms with Gasteiger partial charge in [0.25, 0.3) is 11.8 Å². The van der Waals surface area contributed by atoms with Crippen LogP contribution in [0, 0.1) is 0 Å². The number of nitrogens with zero attached hydrogens (tertiary/aromatic N) is 4. The number of aromatic nitrogens is 4. The topological polar surface area (TPSA) is 101 Å². The second-order valence-corrected chi connectivity index (χ2v) is 6.20. The lowest BCUT2D eigenvalue weighted by Crippen LogP contribution is -2.18. The molecular formula is C20H21N5O4. The first kappa shape index (κ1) is 18.7. The van der Waals surface area contributed by atoms with Gasteiger partial charge in [-0.1, -0.05) is 0 Å². The summed E-state index contributed by atoms with van der Waals surface area (Å²) >= 11 is 0. The minimum atomic E-state index is 0.426. The number of anilines is 1. The molecule has 29 heavy (non-hydrogen) atoms. The Balaban J connectivity index is 1.45. The number of rotatable bonds is 7. The quantitative estimate of drug-likeness (QED) is 0.646. The van der Waals surface area contributed by atoms with Crippen LogP contribution < -0.4 is 24.3 Å². The zero-order valence-electron chi connectivity index (χ0n) is 16.2. The van der Waals surface area contributed by atoms with Gasteiger partial charge in [-0.2, -0.15) is 0 Å². The van der Waals surface area contributed by atoms with Crippen LogP contribution in [0.15, 0.2) is 36.9 Å². The van der Waals surface area contributed by atoms with E-state index in [0.717, 1.165) is 29.0 Å². The molecule has 1 aliphatic heterocycles. The van der Waals surface area contributed by atoms with Gasteiger partial charge >= 0.3 is 0 Å². The average molecular weight is 395 g/mol. The number of pyridine rings is 2. The Morgan fingerprint density at radius 2 is 1.93 bits per heavy atom. The predicted molar refractivity (Wildman–Crippen MR) is 106 cm³/mol. The first-order chi connectivity index (χ1) is 14.3. The van der Waals surface area contributed by atoms with Gasteiger partial charge < -0.3 is 24.3 Å². The second kappa shape index (κ2) is 8.59. The maximum absolute atomic E-state index is 5.71. The molecule has 0 bridgehead atoms. The Bertz CT molecular complexity index is 998. The van der Waals surface area contributed by atoms with Crippen LogP contribution >= 0.6 is 0 Å². The first-order valence-corrected chi connectivity index (χ1v) is 9.16. The summed E-state index contributed by atoms with van der Waals surface area (Å²) in [4.78, 5) is 17.1. The normalized spacial score (nSPS) is 12.3. The lowest BCUT2D eigenvalue weighted by atomic mass is 10.1. The zero-order chi connectivity index (χ0) is 20.1. The molecule has 9 nitrogen and oxygen atoms in total. The Hall–Kier alpha value is -3.62. The van der Waals surface area contributed by atoms with Crippen LogP contribution in [0.3, 0.4) is 0 Å². The van der Waals surface area contributed by atoms with Crippen LogP contribution in [0.4, 0.5) is 5.82 Å². The molecule has 0 unspecified atom stereocenters. The van der Waals surface area contributed by atoms with Crippen molar-refractivity contribution in [2.24, 2.45) is 0 Å². The van der Waals surface area contributed by atoms with E-state index in [1.165, 1.54) is 6.33 Å². The maximum Gasteiger partial charge on any atom is 0.257 e. The molecule has 0 saturated carbocycles. The summed E-state index contributed by atoms with van der Waals surface area (Å²) in [6, 6.07) is 5.64. The van der Waals surface area contributed by atoms with E-state index >= 15 is 0 Å². The Labute approximate surface area is 168 Å². The number of ether oxygens (including phenoxy) is 4. The molecule has 1 N–H and O–H groups in total. The zero-order valence-corrected chi connectivity index (χ0v) is 16.2. The number of methoxy groups -OCH3 is 2. The maximum atomic E-state index is 5.71. The molecule has 0 radical (unpaired) electrons. The summed E-state index contributed by atoms with van der Waals surface area (Å²) < 4.78 is 21.7. The molecule has 0 amide bonds. The number of nitrogens with one attached hydrogen (secondary N) is 1. The van der Waals surface area contributed by atoms with Crippen molar-refractivity contribution in [2.75, 3.05) is 39.3 Å². The molecule has 0 fully saturated rings. The molecule has 0 aromatic carbocycles. The standard InChI is InChI=1S/C20H21N5O4/c1-26-16-9-14(11-23-19(16)27-2)15-10-17(25-12-24-15)21-5-3-13-4-6-22-20-18(13)28-7-8-29-20/h4,6,9-12H,3,5,7-8H2,1-2H3,(H,21,24,25). The van der Waals surface area contributed by atoms with Crippen molar-refractivity contribution in [3.63, 3.8) is 0 Å². The van der Waals surface area contributed by atoms with Crippen molar-refractivity contribution in [3.05, 3.63) is 42.5 Å². The van der Waals surface area contributed by atoms with Crippen LogP contribution in [0.25, 0.3) is 11.3 Å². The fourth-order valence-electron chi connectivity index (χ4n) is 3.01. The van der Waals surface area contributed by atoms with Crippen LogP contribution in [0.1, 0.15) is 5.56 Å². The molecular weight excluding hydrogens is 374 g/mol. The Morgan fingerprint density at radius 3 is 2.79 bits per heavy atom. The van der Waals surface area contributed by atoms with Gasteiger partial charge in [-0.25, -0.2) is 19.9 Å². The molecule has 9 heteroatoms. The van der Waals surface area contributed by atoms with E-state index in [2.05, 4.69) is 25.3 Å². The van der Waals surface area contributed by atoms with E-state index in [4.69, 9.17) is 18.9 Å². The monoisotopic (exact) mass is 395 g/mol. The Kier molecular flexibility index (Phi) is 5.55. The third kappa shape index (κ3) is 4.13. The molecule has 150 valence electrons. The minimum Gasteiger partial charge on any atom is -0.491 e. The van der Waals surface area contributed by atoms with Crippen LogP contribution in [-0.4, -0.2) is 53.9 Å². The third-order valence-corrected chi connectivity index (χ3v) is 4.42. The number of hydrogen-bond acceptors (Lipinski definition) is 9. The van der Waals surface area contributed by atoms with Gasteiger partial charge in [0.2, 0.25) is 0 Å².